The number of fused-ring (bicyclic) bond motifs is 1. The van der Waals surface area contributed by atoms with Crippen molar-refractivity contribution in [1.82, 2.24) is 0 Å². The fourth-order valence-electron chi connectivity index (χ4n) is 1.94. The van der Waals surface area contributed by atoms with E-state index in [1.54, 1.807) is 11.3 Å². The molecule has 0 N–H and O–H groups in total. The molecule has 0 radical (unpaired) electrons. The van der Waals surface area contributed by atoms with Crippen molar-refractivity contribution in [1.29, 1.82) is 0 Å². The molecule has 0 atom stereocenters. The average molecular weight is 218 g/mol. The van der Waals surface area contributed by atoms with Gasteiger partial charge in [-0.2, -0.15) is 0 Å². The molecule has 0 bridgehead atoms. The van der Waals surface area contributed by atoms with Gasteiger partial charge in [-0.25, -0.2) is 0 Å². The van der Waals surface area contributed by atoms with Gasteiger partial charge >= 0.3 is 0 Å². The van der Waals surface area contributed by atoms with E-state index in [-0.39, 0.29) is 5.78 Å². The molecule has 1 aromatic heterocycles. The summed E-state index contributed by atoms with van der Waals surface area (Å²) in [5.41, 5.74) is 1.40. The van der Waals surface area contributed by atoms with Gasteiger partial charge in [0.2, 0.25) is 0 Å². The lowest BCUT2D eigenvalue weighted by Crippen LogP contribution is -1.95. The van der Waals surface area contributed by atoms with Crippen molar-refractivity contribution in [3.63, 3.8) is 0 Å². The van der Waals surface area contributed by atoms with Crippen LogP contribution in [0.2, 0.25) is 0 Å². The highest BCUT2D eigenvalue weighted by Gasteiger charge is 2.17. The molecule has 0 aliphatic heterocycles. The Labute approximate surface area is 94.5 Å². The van der Waals surface area contributed by atoms with Crippen LogP contribution in [0.5, 0.6) is 0 Å². The van der Waals surface area contributed by atoms with Crippen LogP contribution in [0.1, 0.15) is 45.8 Å². The van der Waals surface area contributed by atoms with Crippen LogP contribution >= 0.6 is 11.3 Å². The first kappa shape index (κ1) is 10.4. The topological polar surface area (TPSA) is 17.1 Å². The summed E-state index contributed by atoms with van der Waals surface area (Å²) in [4.78, 5) is 14.1. The highest BCUT2D eigenvalue weighted by molar-refractivity contribution is 7.14. The monoisotopic (exact) mass is 218 g/mol. The normalized spacial score (nSPS) is 13.5. The van der Waals surface area contributed by atoms with Crippen molar-refractivity contribution < 1.29 is 4.79 Å². The number of rotatable bonds is 4. The molecule has 2 heteroatoms. The number of carbonyl (C=O) groups is 1. The lowest BCUT2D eigenvalue weighted by atomic mass is 10.1. The Morgan fingerprint density at radius 3 is 3.13 bits per heavy atom. The molecule has 0 unspecified atom stereocenters. The SMILES string of the molecule is C#CCCCC(=O)c1cc2c(s1)CCC2. The minimum atomic E-state index is 0.268. The molecule has 0 amide bonds. The molecule has 0 aromatic carbocycles. The number of thiophene rings is 1. The lowest BCUT2D eigenvalue weighted by Gasteiger charge is -1.95. The molecule has 0 fully saturated rings. The Hall–Kier alpha value is -1.07. The summed E-state index contributed by atoms with van der Waals surface area (Å²) in [5, 5.41) is 0. The van der Waals surface area contributed by atoms with Gasteiger partial charge in [0.05, 0.1) is 4.88 Å². The summed E-state index contributed by atoms with van der Waals surface area (Å²) < 4.78 is 0. The van der Waals surface area contributed by atoms with Crippen molar-refractivity contribution in [3.8, 4) is 12.3 Å². The second-order valence-corrected chi connectivity index (χ2v) is 5.03. The Bertz CT molecular complexity index is 387. The summed E-state index contributed by atoms with van der Waals surface area (Å²) >= 11 is 1.69. The Morgan fingerprint density at radius 2 is 2.40 bits per heavy atom. The third-order valence-corrected chi connectivity index (χ3v) is 4.02. The van der Waals surface area contributed by atoms with E-state index in [0.717, 1.165) is 24.1 Å². The van der Waals surface area contributed by atoms with Crippen LogP contribution in [0.25, 0.3) is 0 Å². The summed E-state index contributed by atoms with van der Waals surface area (Å²) in [6, 6.07) is 2.09. The van der Waals surface area contributed by atoms with Crippen LogP contribution in [0, 0.1) is 12.3 Å². The largest absolute Gasteiger partial charge is 0.293 e. The van der Waals surface area contributed by atoms with Crippen molar-refractivity contribution in [3.05, 3.63) is 21.4 Å². The maximum absolute atomic E-state index is 11.8. The second kappa shape index (κ2) is 4.63. The molecule has 1 aliphatic carbocycles. The number of hydrogen-bond acceptors (Lipinski definition) is 2. The Kier molecular flexibility index (Phi) is 3.23. The molecular weight excluding hydrogens is 204 g/mol. The van der Waals surface area contributed by atoms with E-state index in [1.165, 1.54) is 16.9 Å². The third-order valence-electron chi connectivity index (χ3n) is 2.75. The van der Waals surface area contributed by atoms with E-state index in [4.69, 9.17) is 6.42 Å². The van der Waals surface area contributed by atoms with Gasteiger partial charge in [0, 0.05) is 17.7 Å². The van der Waals surface area contributed by atoms with Crippen molar-refractivity contribution in [2.45, 2.75) is 38.5 Å². The van der Waals surface area contributed by atoms with Crippen LogP contribution in [0.4, 0.5) is 0 Å². The number of terminal acetylenes is 1. The molecule has 0 spiro atoms. The molecule has 0 saturated heterocycles. The second-order valence-electron chi connectivity index (χ2n) is 3.89. The molecule has 1 nitrogen and oxygen atoms in total. The molecule has 1 aromatic rings. The fraction of sp³-hybridized carbons (Fsp3) is 0.462. The van der Waals surface area contributed by atoms with Gasteiger partial charge in [-0.15, -0.1) is 23.7 Å². The molecule has 0 saturated carbocycles. The summed E-state index contributed by atoms with van der Waals surface area (Å²) in [7, 11) is 0. The van der Waals surface area contributed by atoms with Gasteiger partial charge in [-0.3, -0.25) is 4.79 Å². The molecule has 15 heavy (non-hydrogen) atoms. The zero-order valence-corrected chi connectivity index (χ0v) is 9.53. The van der Waals surface area contributed by atoms with E-state index in [9.17, 15) is 4.79 Å². The quantitative estimate of drug-likeness (QED) is 0.431. The number of carbonyl (C=O) groups excluding carboxylic acids is 1. The summed E-state index contributed by atoms with van der Waals surface area (Å²) in [5.74, 6) is 2.83. The van der Waals surface area contributed by atoms with Gasteiger partial charge < -0.3 is 0 Å². The minimum Gasteiger partial charge on any atom is -0.293 e. The smallest absolute Gasteiger partial charge is 0.172 e. The van der Waals surface area contributed by atoms with Crippen molar-refractivity contribution >= 4 is 17.1 Å². The van der Waals surface area contributed by atoms with Crippen LogP contribution in [0.15, 0.2) is 6.07 Å². The van der Waals surface area contributed by atoms with Gasteiger partial charge in [0.15, 0.2) is 5.78 Å². The molecule has 1 heterocycles. The van der Waals surface area contributed by atoms with E-state index >= 15 is 0 Å². The zero-order valence-electron chi connectivity index (χ0n) is 8.71. The van der Waals surface area contributed by atoms with E-state index in [0.29, 0.717) is 12.8 Å². The number of hydrogen-bond donors (Lipinski definition) is 0. The predicted molar refractivity (Wildman–Crippen MR) is 63.4 cm³/mol. The maximum atomic E-state index is 11.8. The van der Waals surface area contributed by atoms with Crippen LogP contribution < -0.4 is 0 Å². The van der Waals surface area contributed by atoms with Crippen molar-refractivity contribution in [2.75, 3.05) is 0 Å². The lowest BCUT2D eigenvalue weighted by molar-refractivity contribution is 0.0984. The van der Waals surface area contributed by atoms with E-state index in [1.807, 2.05) is 0 Å². The summed E-state index contributed by atoms with van der Waals surface area (Å²) in [6.45, 7) is 0. The first-order valence-corrected chi connectivity index (χ1v) is 6.21. The Balaban J connectivity index is 1.98. The molecule has 1 aliphatic rings. The maximum Gasteiger partial charge on any atom is 0.172 e. The fourth-order valence-corrected chi connectivity index (χ4v) is 3.16. The van der Waals surface area contributed by atoms with Gasteiger partial charge in [0.25, 0.3) is 0 Å². The highest BCUT2D eigenvalue weighted by Crippen LogP contribution is 2.31. The first-order chi connectivity index (χ1) is 7.31. The standard InChI is InChI=1S/C13H14OS/c1-2-3-4-7-11(14)13-9-10-6-5-8-12(10)15-13/h1,9H,3-8H2. The number of ketones is 1. The highest BCUT2D eigenvalue weighted by atomic mass is 32.1. The minimum absolute atomic E-state index is 0.268. The van der Waals surface area contributed by atoms with Gasteiger partial charge in [-0.1, -0.05) is 0 Å². The average Bonchev–Trinajstić information content (AvgIpc) is 2.76. The van der Waals surface area contributed by atoms with Crippen LogP contribution in [-0.4, -0.2) is 5.78 Å². The Morgan fingerprint density at radius 1 is 1.53 bits per heavy atom. The molecule has 78 valence electrons. The molecular formula is C13H14OS. The van der Waals surface area contributed by atoms with Gasteiger partial charge in [0.1, 0.15) is 0 Å². The van der Waals surface area contributed by atoms with Gasteiger partial charge in [-0.05, 0) is 37.3 Å². The zero-order chi connectivity index (χ0) is 10.7. The third kappa shape index (κ3) is 2.30. The number of unbranched alkanes of at least 4 members (excludes halogenated alkanes) is 1. The number of aryl methyl sites for hydroxylation is 2. The van der Waals surface area contributed by atoms with E-state index < -0.39 is 0 Å². The number of Topliss-reactive ketones (excluding diaryl/α,β-unsaturated/α-hetero) is 1. The van der Waals surface area contributed by atoms with Crippen molar-refractivity contribution in [2.24, 2.45) is 0 Å². The van der Waals surface area contributed by atoms with Crippen LogP contribution in [0.3, 0.4) is 0 Å². The summed E-state index contributed by atoms with van der Waals surface area (Å²) in [6.07, 6.45) is 10.9. The van der Waals surface area contributed by atoms with Crippen LogP contribution in [-0.2, 0) is 12.8 Å². The van der Waals surface area contributed by atoms with E-state index in [2.05, 4.69) is 12.0 Å². The first-order valence-electron chi connectivity index (χ1n) is 5.39. The predicted octanol–water partition coefficient (Wildman–Crippen LogP) is 3.22. The molecule has 2 rings (SSSR count).